The summed E-state index contributed by atoms with van der Waals surface area (Å²) in [7, 11) is 0. The van der Waals surface area contributed by atoms with E-state index in [1.54, 1.807) is 18.5 Å². The first-order valence-corrected chi connectivity index (χ1v) is 8.77. The molecule has 1 unspecified atom stereocenters. The number of aryl methyl sites for hydroxylation is 2. The Morgan fingerprint density at radius 2 is 2.04 bits per heavy atom. The molecule has 1 atom stereocenters. The standard InChI is InChI=1S/C19H22N4O2/c24-17(16-6-5-14-3-1-4-15(14)11-16)22-12-19(25)7-10-23(13-19)18-20-8-2-9-21-18/h2,5-6,8-9,11,25H,1,3-4,7,10,12-13H2,(H,22,24). The van der Waals surface area contributed by atoms with Gasteiger partial charge in [-0.25, -0.2) is 9.97 Å². The Morgan fingerprint density at radius 1 is 1.24 bits per heavy atom. The molecule has 1 aromatic heterocycles. The number of carbonyl (C=O) groups excluding carboxylic acids is 1. The first-order chi connectivity index (χ1) is 12.1. The number of anilines is 1. The fraction of sp³-hybridized carbons (Fsp3) is 0.421. The molecular formula is C19H22N4O2. The number of nitrogens with one attached hydrogen (secondary N) is 1. The maximum Gasteiger partial charge on any atom is 0.251 e. The number of nitrogens with zero attached hydrogens (tertiary/aromatic N) is 3. The van der Waals surface area contributed by atoms with Crippen molar-refractivity contribution in [2.75, 3.05) is 24.5 Å². The maximum absolute atomic E-state index is 12.4. The molecule has 0 saturated carbocycles. The molecule has 1 saturated heterocycles. The highest BCUT2D eigenvalue weighted by atomic mass is 16.3. The van der Waals surface area contributed by atoms with Gasteiger partial charge in [0.25, 0.3) is 5.91 Å². The second-order valence-electron chi connectivity index (χ2n) is 6.96. The van der Waals surface area contributed by atoms with Crippen molar-refractivity contribution < 1.29 is 9.90 Å². The van der Waals surface area contributed by atoms with E-state index in [4.69, 9.17) is 0 Å². The Hall–Kier alpha value is -2.47. The van der Waals surface area contributed by atoms with Crippen LogP contribution in [0.3, 0.4) is 0 Å². The summed E-state index contributed by atoms with van der Waals surface area (Å²) in [5.74, 6) is 0.487. The predicted molar refractivity (Wildman–Crippen MR) is 94.6 cm³/mol. The van der Waals surface area contributed by atoms with Crippen molar-refractivity contribution in [3.63, 3.8) is 0 Å². The number of amides is 1. The fourth-order valence-corrected chi connectivity index (χ4v) is 3.69. The lowest BCUT2D eigenvalue weighted by Crippen LogP contribution is -2.45. The number of rotatable bonds is 4. The van der Waals surface area contributed by atoms with Crippen LogP contribution in [-0.2, 0) is 12.8 Å². The van der Waals surface area contributed by atoms with Crippen LogP contribution in [0.15, 0.2) is 36.7 Å². The first kappa shape index (κ1) is 16.0. The van der Waals surface area contributed by atoms with E-state index in [0.717, 1.165) is 19.3 Å². The molecule has 6 heteroatoms. The molecule has 0 bridgehead atoms. The van der Waals surface area contributed by atoms with Gasteiger partial charge in [-0.3, -0.25) is 4.79 Å². The Bertz CT molecular complexity index is 780. The van der Waals surface area contributed by atoms with Gasteiger partial charge >= 0.3 is 0 Å². The average molecular weight is 338 g/mol. The smallest absolute Gasteiger partial charge is 0.251 e. The second-order valence-corrected chi connectivity index (χ2v) is 6.96. The van der Waals surface area contributed by atoms with Gasteiger partial charge in [-0.05, 0) is 55.0 Å². The van der Waals surface area contributed by atoms with E-state index in [1.807, 2.05) is 17.0 Å². The predicted octanol–water partition coefficient (Wildman–Crippen LogP) is 1.34. The molecule has 4 rings (SSSR count). The van der Waals surface area contributed by atoms with Crippen molar-refractivity contribution in [2.45, 2.75) is 31.3 Å². The van der Waals surface area contributed by atoms with Crippen LogP contribution >= 0.6 is 0 Å². The zero-order valence-electron chi connectivity index (χ0n) is 14.1. The molecule has 1 fully saturated rings. The molecule has 25 heavy (non-hydrogen) atoms. The highest BCUT2D eigenvalue weighted by molar-refractivity contribution is 5.94. The molecular weight excluding hydrogens is 316 g/mol. The van der Waals surface area contributed by atoms with Crippen LogP contribution in [0.1, 0.15) is 34.3 Å². The van der Waals surface area contributed by atoms with E-state index in [-0.39, 0.29) is 12.5 Å². The van der Waals surface area contributed by atoms with Gasteiger partial charge in [0.05, 0.1) is 6.54 Å². The number of hydrogen-bond donors (Lipinski definition) is 2. The van der Waals surface area contributed by atoms with Crippen molar-refractivity contribution >= 4 is 11.9 Å². The summed E-state index contributed by atoms with van der Waals surface area (Å²) in [6.45, 7) is 1.32. The SMILES string of the molecule is O=C(NCC1(O)CCN(c2ncccn2)C1)c1ccc2c(c1)CCC2. The number of hydrogen-bond acceptors (Lipinski definition) is 5. The molecule has 2 aromatic rings. The minimum absolute atomic E-state index is 0.127. The summed E-state index contributed by atoms with van der Waals surface area (Å²) < 4.78 is 0. The van der Waals surface area contributed by atoms with Crippen molar-refractivity contribution in [2.24, 2.45) is 0 Å². The summed E-state index contributed by atoms with van der Waals surface area (Å²) >= 11 is 0. The minimum atomic E-state index is -0.953. The summed E-state index contributed by atoms with van der Waals surface area (Å²) in [6, 6.07) is 7.68. The van der Waals surface area contributed by atoms with Crippen molar-refractivity contribution in [3.8, 4) is 0 Å². The second kappa shape index (κ2) is 6.44. The number of aliphatic hydroxyl groups is 1. The van der Waals surface area contributed by atoms with Gasteiger partial charge in [0.1, 0.15) is 5.60 Å². The van der Waals surface area contributed by atoms with Crippen LogP contribution in [0.25, 0.3) is 0 Å². The molecule has 6 nitrogen and oxygen atoms in total. The zero-order chi connectivity index (χ0) is 17.3. The van der Waals surface area contributed by atoms with E-state index in [2.05, 4.69) is 21.4 Å². The van der Waals surface area contributed by atoms with E-state index in [0.29, 0.717) is 31.0 Å². The minimum Gasteiger partial charge on any atom is -0.386 e. The van der Waals surface area contributed by atoms with Crippen LogP contribution in [0.2, 0.25) is 0 Å². The zero-order valence-corrected chi connectivity index (χ0v) is 14.1. The van der Waals surface area contributed by atoms with Crippen molar-refractivity contribution in [1.29, 1.82) is 0 Å². The molecule has 1 aliphatic carbocycles. The Morgan fingerprint density at radius 3 is 2.88 bits per heavy atom. The Kier molecular flexibility index (Phi) is 4.13. The molecule has 1 aliphatic heterocycles. The number of aromatic nitrogens is 2. The highest BCUT2D eigenvalue weighted by Gasteiger charge is 2.37. The Balaban J connectivity index is 1.37. The number of benzene rings is 1. The topological polar surface area (TPSA) is 78.4 Å². The molecule has 0 radical (unpaired) electrons. The van der Waals surface area contributed by atoms with Crippen molar-refractivity contribution in [3.05, 3.63) is 53.3 Å². The highest BCUT2D eigenvalue weighted by Crippen LogP contribution is 2.25. The van der Waals surface area contributed by atoms with Gasteiger partial charge in [-0.15, -0.1) is 0 Å². The van der Waals surface area contributed by atoms with Crippen LogP contribution in [0.5, 0.6) is 0 Å². The van der Waals surface area contributed by atoms with Gasteiger partial charge in [0.2, 0.25) is 5.95 Å². The van der Waals surface area contributed by atoms with Gasteiger partial charge in [0.15, 0.2) is 0 Å². The van der Waals surface area contributed by atoms with Gasteiger partial charge < -0.3 is 15.3 Å². The van der Waals surface area contributed by atoms with E-state index < -0.39 is 5.60 Å². The average Bonchev–Trinajstić information content (AvgIpc) is 3.27. The third-order valence-electron chi connectivity index (χ3n) is 5.11. The third-order valence-corrected chi connectivity index (χ3v) is 5.11. The molecule has 2 aliphatic rings. The molecule has 2 N–H and O–H groups in total. The summed E-state index contributed by atoms with van der Waals surface area (Å²) in [5.41, 5.74) is 2.35. The van der Waals surface area contributed by atoms with Gasteiger partial charge in [-0.1, -0.05) is 6.07 Å². The van der Waals surface area contributed by atoms with Crippen LogP contribution in [-0.4, -0.2) is 46.2 Å². The third kappa shape index (κ3) is 3.35. The lowest BCUT2D eigenvalue weighted by atomic mass is 10.0. The number of fused-ring (bicyclic) bond motifs is 1. The molecule has 2 heterocycles. The largest absolute Gasteiger partial charge is 0.386 e. The van der Waals surface area contributed by atoms with E-state index in [9.17, 15) is 9.90 Å². The summed E-state index contributed by atoms with van der Waals surface area (Å²) in [4.78, 5) is 22.8. The molecule has 1 aromatic carbocycles. The number of carbonyl (C=O) groups is 1. The van der Waals surface area contributed by atoms with Crippen LogP contribution < -0.4 is 10.2 Å². The van der Waals surface area contributed by atoms with E-state index in [1.165, 1.54) is 11.1 Å². The quantitative estimate of drug-likeness (QED) is 0.879. The molecule has 0 spiro atoms. The van der Waals surface area contributed by atoms with Crippen molar-refractivity contribution in [1.82, 2.24) is 15.3 Å². The number of β-amino-alcohol motifs (C(OH)–C–C–N with tert-alkyl or cyclic N) is 1. The van der Waals surface area contributed by atoms with Crippen LogP contribution in [0, 0.1) is 0 Å². The van der Waals surface area contributed by atoms with Gasteiger partial charge in [-0.2, -0.15) is 0 Å². The molecule has 130 valence electrons. The van der Waals surface area contributed by atoms with Crippen LogP contribution in [0.4, 0.5) is 5.95 Å². The molecule has 1 amide bonds. The maximum atomic E-state index is 12.4. The fourth-order valence-electron chi connectivity index (χ4n) is 3.69. The summed E-state index contributed by atoms with van der Waals surface area (Å²) in [5, 5.41) is 13.6. The Labute approximate surface area is 146 Å². The van der Waals surface area contributed by atoms with Gasteiger partial charge in [0, 0.05) is 31.0 Å². The van der Waals surface area contributed by atoms with E-state index >= 15 is 0 Å². The lowest BCUT2D eigenvalue weighted by molar-refractivity contribution is 0.0575. The first-order valence-electron chi connectivity index (χ1n) is 8.77. The normalized spacial score (nSPS) is 22.0. The lowest BCUT2D eigenvalue weighted by Gasteiger charge is -2.23. The monoisotopic (exact) mass is 338 g/mol. The summed E-state index contributed by atoms with van der Waals surface area (Å²) in [6.07, 6.45) is 7.28.